The maximum Gasteiger partial charge on any atom is 0.140 e. The molecule has 0 bridgehead atoms. The molecule has 32 heavy (non-hydrogen) atoms. The van der Waals surface area contributed by atoms with Gasteiger partial charge in [0.1, 0.15) is 11.6 Å². The Morgan fingerprint density at radius 1 is 0.438 bits per heavy atom. The van der Waals surface area contributed by atoms with Gasteiger partial charge in [-0.05, 0) is 59.2 Å². The standard InChI is InChI=1S/2C15H28O/c2*1-10-8-11(14(2,3)4)13(16)12(9-10)15(5,6)7/h2*10-12H,8-9H2,1-7H3. The van der Waals surface area contributed by atoms with Gasteiger partial charge in [-0.25, -0.2) is 0 Å². The molecule has 0 heterocycles. The van der Waals surface area contributed by atoms with Crippen LogP contribution in [-0.2, 0) is 9.59 Å². The van der Waals surface area contributed by atoms with Crippen LogP contribution in [0, 0.1) is 57.2 Å². The number of rotatable bonds is 0. The van der Waals surface area contributed by atoms with Gasteiger partial charge in [0, 0.05) is 23.7 Å². The Balaban J connectivity index is 0.000000320. The lowest BCUT2D eigenvalue weighted by Crippen LogP contribution is -2.44. The Bertz CT molecular complexity index is 534. The maximum atomic E-state index is 12.6. The molecule has 0 aromatic heterocycles. The number of ketones is 2. The van der Waals surface area contributed by atoms with Crippen molar-refractivity contribution in [1.29, 1.82) is 0 Å². The molecule has 2 rings (SSSR count). The van der Waals surface area contributed by atoms with Crippen molar-refractivity contribution in [3.63, 3.8) is 0 Å². The van der Waals surface area contributed by atoms with Crippen LogP contribution in [0.5, 0.6) is 0 Å². The van der Waals surface area contributed by atoms with E-state index >= 15 is 0 Å². The van der Waals surface area contributed by atoms with Crippen molar-refractivity contribution in [2.24, 2.45) is 57.2 Å². The summed E-state index contributed by atoms with van der Waals surface area (Å²) in [4.78, 5) is 25.1. The molecule has 4 unspecified atom stereocenters. The first-order chi connectivity index (χ1) is 14.1. The van der Waals surface area contributed by atoms with E-state index in [9.17, 15) is 9.59 Å². The van der Waals surface area contributed by atoms with Crippen LogP contribution in [0.2, 0.25) is 0 Å². The monoisotopic (exact) mass is 448 g/mol. The lowest BCUT2D eigenvalue weighted by atomic mass is 9.60. The molecule has 188 valence electrons. The second-order valence-corrected chi connectivity index (χ2v) is 15.6. The number of hydrogen-bond donors (Lipinski definition) is 0. The molecular formula is C30H56O2. The van der Waals surface area contributed by atoms with Gasteiger partial charge in [-0.15, -0.1) is 0 Å². The molecular weight excluding hydrogens is 392 g/mol. The fourth-order valence-electron chi connectivity index (χ4n) is 5.87. The maximum absolute atomic E-state index is 12.6. The van der Waals surface area contributed by atoms with E-state index in [2.05, 4.69) is 96.9 Å². The summed E-state index contributed by atoms with van der Waals surface area (Å²) in [7, 11) is 0. The minimum atomic E-state index is 0.120. The van der Waals surface area contributed by atoms with Gasteiger partial charge < -0.3 is 0 Å². The highest BCUT2D eigenvalue weighted by atomic mass is 16.1. The Morgan fingerprint density at radius 2 is 0.594 bits per heavy atom. The summed E-state index contributed by atoms with van der Waals surface area (Å²) < 4.78 is 0. The largest absolute Gasteiger partial charge is 0.299 e. The third kappa shape index (κ3) is 7.69. The molecule has 2 aliphatic rings. The molecule has 4 atom stereocenters. The highest BCUT2D eigenvalue weighted by Crippen LogP contribution is 2.46. The van der Waals surface area contributed by atoms with Crippen molar-refractivity contribution in [1.82, 2.24) is 0 Å². The fourth-order valence-corrected chi connectivity index (χ4v) is 5.87. The topological polar surface area (TPSA) is 34.1 Å². The smallest absolute Gasteiger partial charge is 0.140 e. The summed E-state index contributed by atoms with van der Waals surface area (Å²) in [6, 6.07) is 0. The number of hydrogen-bond acceptors (Lipinski definition) is 2. The molecule has 0 aromatic carbocycles. The minimum absolute atomic E-state index is 0.120. The third-order valence-electron chi connectivity index (χ3n) is 8.11. The predicted octanol–water partition coefficient (Wildman–Crippen LogP) is 8.62. The van der Waals surface area contributed by atoms with Gasteiger partial charge in [0.15, 0.2) is 0 Å². The molecule has 2 saturated carbocycles. The third-order valence-corrected chi connectivity index (χ3v) is 8.11. The number of carbonyl (C=O) groups is 2. The van der Waals surface area contributed by atoms with Gasteiger partial charge in [0.05, 0.1) is 0 Å². The highest BCUT2D eigenvalue weighted by molar-refractivity contribution is 5.86. The minimum Gasteiger partial charge on any atom is -0.299 e. The Labute approximate surface area is 201 Å². The van der Waals surface area contributed by atoms with E-state index in [0.29, 0.717) is 23.4 Å². The molecule has 0 amide bonds. The molecule has 0 aliphatic heterocycles. The van der Waals surface area contributed by atoms with Crippen LogP contribution >= 0.6 is 0 Å². The number of Topliss-reactive ketones (excluding diaryl/α,β-unsaturated/α-hetero) is 2. The van der Waals surface area contributed by atoms with Crippen LogP contribution < -0.4 is 0 Å². The lowest BCUT2D eigenvalue weighted by molar-refractivity contribution is -0.139. The first-order valence-electron chi connectivity index (χ1n) is 13.1. The lowest BCUT2D eigenvalue weighted by Gasteiger charge is -2.43. The van der Waals surface area contributed by atoms with Crippen molar-refractivity contribution in [3.8, 4) is 0 Å². The molecule has 0 saturated heterocycles. The van der Waals surface area contributed by atoms with Crippen LogP contribution in [0.15, 0.2) is 0 Å². The second kappa shape index (κ2) is 9.91. The van der Waals surface area contributed by atoms with Gasteiger partial charge in [-0.2, -0.15) is 0 Å². The van der Waals surface area contributed by atoms with Crippen molar-refractivity contribution >= 4 is 11.6 Å². The summed E-state index contributed by atoms with van der Waals surface area (Å²) in [6.07, 6.45) is 4.31. The van der Waals surface area contributed by atoms with E-state index in [1.54, 1.807) is 0 Å². The van der Waals surface area contributed by atoms with Gasteiger partial charge in [0.25, 0.3) is 0 Å². The number of carbonyl (C=O) groups excluding carboxylic acids is 2. The van der Waals surface area contributed by atoms with Crippen LogP contribution in [-0.4, -0.2) is 11.6 Å². The van der Waals surface area contributed by atoms with E-state index < -0.39 is 0 Å². The predicted molar refractivity (Wildman–Crippen MR) is 139 cm³/mol. The molecule has 2 fully saturated rings. The zero-order valence-electron chi connectivity index (χ0n) is 24.1. The molecule has 2 aliphatic carbocycles. The van der Waals surface area contributed by atoms with Gasteiger partial charge in [-0.1, -0.05) is 96.9 Å². The van der Waals surface area contributed by atoms with Gasteiger partial charge in [0.2, 0.25) is 0 Å². The van der Waals surface area contributed by atoms with E-state index in [1.165, 1.54) is 0 Å². The van der Waals surface area contributed by atoms with Gasteiger partial charge in [-0.3, -0.25) is 9.59 Å². The Morgan fingerprint density at radius 3 is 0.719 bits per heavy atom. The average molecular weight is 449 g/mol. The van der Waals surface area contributed by atoms with E-state index in [1.807, 2.05) is 0 Å². The van der Waals surface area contributed by atoms with Gasteiger partial charge >= 0.3 is 0 Å². The molecule has 2 heteroatoms. The summed E-state index contributed by atoms with van der Waals surface area (Å²) in [5, 5.41) is 0. The SMILES string of the molecule is CC1CC(C(C)(C)C)C(=O)C(C(C)(C)C)C1.CC1CC(C(C)(C)C)C(=O)C(C(C)(C)C)C1. The van der Waals surface area contributed by atoms with Crippen LogP contribution in [0.3, 0.4) is 0 Å². The Hall–Kier alpha value is -0.660. The quantitative estimate of drug-likeness (QED) is 0.371. The second-order valence-electron chi connectivity index (χ2n) is 15.6. The van der Waals surface area contributed by atoms with Crippen LogP contribution in [0.4, 0.5) is 0 Å². The zero-order chi connectivity index (χ0) is 25.4. The van der Waals surface area contributed by atoms with Crippen LogP contribution in [0.25, 0.3) is 0 Å². The summed E-state index contributed by atoms with van der Waals surface area (Å²) >= 11 is 0. The van der Waals surface area contributed by atoms with Crippen molar-refractivity contribution < 1.29 is 9.59 Å². The highest BCUT2D eigenvalue weighted by Gasteiger charge is 2.45. The molecule has 0 N–H and O–H groups in total. The molecule has 2 nitrogen and oxygen atoms in total. The average Bonchev–Trinajstić information content (AvgIpc) is 2.55. The zero-order valence-corrected chi connectivity index (χ0v) is 24.1. The van der Waals surface area contributed by atoms with Crippen LogP contribution in [0.1, 0.15) is 123 Å². The Kier molecular flexibility index (Phi) is 9.10. The summed E-state index contributed by atoms with van der Waals surface area (Å²) in [6.45, 7) is 31.0. The molecule has 0 radical (unpaired) electrons. The van der Waals surface area contributed by atoms with Crippen molar-refractivity contribution in [2.75, 3.05) is 0 Å². The van der Waals surface area contributed by atoms with E-state index in [0.717, 1.165) is 25.7 Å². The van der Waals surface area contributed by atoms with E-state index in [-0.39, 0.29) is 45.3 Å². The first-order valence-corrected chi connectivity index (χ1v) is 13.1. The normalized spacial score (nSPS) is 32.9. The molecule has 0 aromatic rings. The summed E-state index contributed by atoms with van der Waals surface area (Å²) in [5.41, 5.74) is 0.481. The molecule has 0 spiro atoms. The summed E-state index contributed by atoms with van der Waals surface area (Å²) in [5.74, 6) is 3.40. The van der Waals surface area contributed by atoms with Crippen molar-refractivity contribution in [2.45, 2.75) is 123 Å². The van der Waals surface area contributed by atoms with E-state index in [4.69, 9.17) is 0 Å². The van der Waals surface area contributed by atoms with Crippen molar-refractivity contribution in [3.05, 3.63) is 0 Å². The fraction of sp³-hybridized carbons (Fsp3) is 0.933. The first kappa shape index (κ1) is 29.4.